The zero-order valence-corrected chi connectivity index (χ0v) is 22.6. The van der Waals surface area contributed by atoms with Crippen LogP contribution in [0.15, 0.2) is 77.2 Å². The molecule has 1 amide bonds. The lowest BCUT2D eigenvalue weighted by molar-refractivity contribution is -0.384. The largest absolute Gasteiger partial charge is 0.489 e. The fraction of sp³-hybridized carbons (Fsp3) is 0.267. The van der Waals surface area contributed by atoms with Gasteiger partial charge in [0.05, 0.1) is 4.92 Å². The van der Waals surface area contributed by atoms with Crippen LogP contribution in [0.1, 0.15) is 59.8 Å². The van der Waals surface area contributed by atoms with Gasteiger partial charge in [0, 0.05) is 24.2 Å². The fourth-order valence-electron chi connectivity index (χ4n) is 5.08. The summed E-state index contributed by atoms with van der Waals surface area (Å²) in [7, 11) is 0. The normalized spacial score (nSPS) is 16.4. The highest BCUT2D eigenvalue weighted by Gasteiger charge is 2.27. The maximum absolute atomic E-state index is 12.8. The molecule has 1 aliphatic rings. The van der Waals surface area contributed by atoms with Crippen LogP contribution in [0.4, 0.5) is 23.1 Å². The SMILES string of the molecule is O=C(O)CC1CCC(c2ccc(NC(=O)c3nnc(Nc4cccc(OCc5ccccc5)c4)o3)c([N+](=O)[O-])c2)CC1. The Kier molecular flexibility index (Phi) is 8.71. The number of carboxylic acid groups (broad SMARTS) is 1. The van der Waals surface area contributed by atoms with Crippen molar-refractivity contribution in [2.45, 2.75) is 44.6 Å². The van der Waals surface area contributed by atoms with Crippen molar-refractivity contribution in [2.75, 3.05) is 10.6 Å². The number of hydrogen-bond donors (Lipinski definition) is 3. The first-order chi connectivity index (χ1) is 20.3. The van der Waals surface area contributed by atoms with E-state index in [2.05, 4.69) is 20.8 Å². The molecular weight excluding hydrogens is 542 g/mol. The molecule has 1 fully saturated rings. The van der Waals surface area contributed by atoms with Gasteiger partial charge in [-0.2, -0.15) is 0 Å². The average Bonchev–Trinajstić information content (AvgIpc) is 3.46. The van der Waals surface area contributed by atoms with E-state index in [1.54, 1.807) is 24.3 Å². The van der Waals surface area contributed by atoms with Gasteiger partial charge in [-0.3, -0.25) is 19.7 Å². The molecule has 216 valence electrons. The number of amides is 1. The number of aliphatic carboxylic acids is 1. The van der Waals surface area contributed by atoms with Gasteiger partial charge in [-0.05, 0) is 66.8 Å². The van der Waals surface area contributed by atoms with E-state index >= 15 is 0 Å². The van der Waals surface area contributed by atoms with E-state index in [1.165, 1.54) is 12.1 Å². The standard InChI is InChI=1S/C30H29N5O7/c36-27(37)15-19-9-11-21(12-10-19)22-13-14-25(26(16-22)35(39)40)32-28(38)29-33-34-30(42-29)31-23-7-4-8-24(17-23)41-18-20-5-2-1-3-6-20/h1-8,13-14,16-17,19,21H,9-12,15,18H2,(H,31,34)(H,32,38)(H,36,37). The highest BCUT2D eigenvalue weighted by Crippen LogP contribution is 2.39. The number of nitrogens with zero attached hydrogens (tertiary/aromatic N) is 3. The van der Waals surface area contributed by atoms with E-state index in [0.29, 0.717) is 18.0 Å². The summed E-state index contributed by atoms with van der Waals surface area (Å²) in [6.45, 7) is 0.399. The molecule has 5 rings (SSSR count). The third-order valence-electron chi connectivity index (χ3n) is 7.20. The van der Waals surface area contributed by atoms with E-state index < -0.39 is 16.8 Å². The van der Waals surface area contributed by atoms with E-state index in [1.807, 2.05) is 36.4 Å². The van der Waals surface area contributed by atoms with E-state index in [9.17, 15) is 19.7 Å². The number of anilines is 3. The van der Waals surface area contributed by atoms with Crippen molar-refractivity contribution < 1.29 is 28.8 Å². The molecule has 0 bridgehead atoms. The summed E-state index contributed by atoms with van der Waals surface area (Å²) >= 11 is 0. The highest BCUT2D eigenvalue weighted by atomic mass is 16.6. The Morgan fingerprint density at radius 2 is 1.79 bits per heavy atom. The Morgan fingerprint density at radius 3 is 2.52 bits per heavy atom. The first-order valence-corrected chi connectivity index (χ1v) is 13.5. The second-order valence-electron chi connectivity index (χ2n) is 10.1. The summed E-state index contributed by atoms with van der Waals surface area (Å²) in [5, 5.41) is 33.9. The predicted molar refractivity (Wildman–Crippen MR) is 153 cm³/mol. The molecule has 3 N–H and O–H groups in total. The lowest BCUT2D eigenvalue weighted by Crippen LogP contribution is -2.17. The molecule has 4 aromatic rings. The summed E-state index contributed by atoms with van der Waals surface area (Å²) < 4.78 is 11.3. The minimum absolute atomic E-state index is 0.00397. The molecule has 12 heteroatoms. The number of benzene rings is 3. The van der Waals surface area contributed by atoms with Crippen LogP contribution in [-0.2, 0) is 11.4 Å². The Morgan fingerprint density at radius 1 is 1.00 bits per heavy atom. The van der Waals surface area contributed by atoms with Gasteiger partial charge >= 0.3 is 23.8 Å². The van der Waals surface area contributed by atoms with Crippen LogP contribution < -0.4 is 15.4 Å². The Hall–Kier alpha value is -5.26. The number of nitro benzene ring substituents is 1. The van der Waals surface area contributed by atoms with Gasteiger partial charge < -0.3 is 24.9 Å². The summed E-state index contributed by atoms with van der Waals surface area (Å²) in [6.07, 6.45) is 3.14. The number of carbonyl (C=O) groups excluding carboxylic acids is 1. The van der Waals surface area contributed by atoms with Crippen molar-refractivity contribution in [1.82, 2.24) is 10.2 Å². The summed E-state index contributed by atoms with van der Waals surface area (Å²) in [5.74, 6) is -1.14. The molecule has 42 heavy (non-hydrogen) atoms. The lowest BCUT2D eigenvalue weighted by Gasteiger charge is -2.28. The van der Waals surface area contributed by atoms with Crippen LogP contribution in [0.3, 0.4) is 0 Å². The van der Waals surface area contributed by atoms with Gasteiger partial charge in [-0.1, -0.05) is 47.6 Å². The predicted octanol–water partition coefficient (Wildman–Crippen LogP) is 6.30. The van der Waals surface area contributed by atoms with Gasteiger partial charge in [0.25, 0.3) is 5.69 Å². The quantitative estimate of drug-likeness (QED) is 0.137. The molecule has 1 aliphatic carbocycles. The summed E-state index contributed by atoms with van der Waals surface area (Å²) in [4.78, 5) is 35.1. The minimum Gasteiger partial charge on any atom is -0.489 e. The third-order valence-corrected chi connectivity index (χ3v) is 7.20. The van der Waals surface area contributed by atoms with Crippen molar-refractivity contribution in [3.63, 3.8) is 0 Å². The lowest BCUT2D eigenvalue weighted by atomic mass is 9.77. The van der Waals surface area contributed by atoms with Crippen LogP contribution in [0.25, 0.3) is 0 Å². The Balaban J connectivity index is 1.20. The number of nitrogens with one attached hydrogen (secondary N) is 2. The molecule has 0 aliphatic heterocycles. The Labute approximate surface area is 240 Å². The number of nitro groups is 1. The number of carbonyl (C=O) groups is 2. The van der Waals surface area contributed by atoms with Gasteiger partial charge in [0.15, 0.2) is 0 Å². The highest BCUT2D eigenvalue weighted by molar-refractivity contribution is 6.02. The molecule has 1 saturated carbocycles. The molecule has 1 aromatic heterocycles. The smallest absolute Gasteiger partial charge is 0.320 e. The van der Waals surface area contributed by atoms with Gasteiger partial charge in [0.2, 0.25) is 0 Å². The molecule has 0 unspecified atom stereocenters. The monoisotopic (exact) mass is 571 g/mol. The number of ether oxygens (including phenoxy) is 1. The van der Waals surface area contributed by atoms with Crippen molar-refractivity contribution in [3.8, 4) is 5.75 Å². The van der Waals surface area contributed by atoms with Crippen LogP contribution in [0.2, 0.25) is 0 Å². The molecular formula is C30H29N5O7. The number of carboxylic acids is 1. The maximum Gasteiger partial charge on any atom is 0.320 e. The van der Waals surface area contributed by atoms with Crippen molar-refractivity contribution in [2.24, 2.45) is 5.92 Å². The summed E-state index contributed by atoms with van der Waals surface area (Å²) in [6, 6.07) is 21.5. The molecule has 1 heterocycles. The fourth-order valence-corrected chi connectivity index (χ4v) is 5.08. The number of aromatic nitrogens is 2. The summed E-state index contributed by atoms with van der Waals surface area (Å²) in [5.41, 5.74) is 2.16. The molecule has 0 radical (unpaired) electrons. The molecule has 3 aromatic carbocycles. The van der Waals surface area contributed by atoms with Crippen LogP contribution in [0, 0.1) is 16.0 Å². The van der Waals surface area contributed by atoms with E-state index in [0.717, 1.165) is 36.8 Å². The average molecular weight is 572 g/mol. The first-order valence-electron chi connectivity index (χ1n) is 13.5. The number of rotatable bonds is 11. The zero-order valence-electron chi connectivity index (χ0n) is 22.6. The topological polar surface area (TPSA) is 170 Å². The first kappa shape index (κ1) is 28.3. The second kappa shape index (κ2) is 12.9. The molecule has 0 atom stereocenters. The Bertz CT molecular complexity index is 1570. The van der Waals surface area contributed by atoms with Crippen LogP contribution in [0.5, 0.6) is 5.75 Å². The van der Waals surface area contributed by atoms with Crippen molar-refractivity contribution >= 4 is 35.0 Å². The van der Waals surface area contributed by atoms with Gasteiger partial charge in [-0.25, -0.2) is 0 Å². The van der Waals surface area contributed by atoms with E-state index in [4.69, 9.17) is 14.3 Å². The molecule has 12 nitrogen and oxygen atoms in total. The zero-order chi connectivity index (χ0) is 29.5. The molecule has 0 spiro atoms. The van der Waals surface area contributed by atoms with Crippen LogP contribution >= 0.6 is 0 Å². The maximum atomic E-state index is 12.8. The minimum atomic E-state index is -0.809. The molecule has 0 saturated heterocycles. The van der Waals surface area contributed by atoms with Crippen molar-refractivity contribution in [1.29, 1.82) is 0 Å². The van der Waals surface area contributed by atoms with Crippen LogP contribution in [-0.4, -0.2) is 32.1 Å². The van der Waals surface area contributed by atoms with Gasteiger partial charge in [0.1, 0.15) is 18.0 Å². The second-order valence-corrected chi connectivity index (χ2v) is 10.1. The van der Waals surface area contributed by atoms with E-state index in [-0.39, 0.29) is 41.5 Å². The number of hydrogen-bond acceptors (Lipinski definition) is 9. The van der Waals surface area contributed by atoms with Gasteiger partial charge in [-0.15, -0.1) is 5.10 Å². The third kappa shape index (κ3) is 7.27. The van der Waals surface area contributed by atoms with Crippen molar-refractivity contribution in [3.05, 3.63) is 99.9 Å².